The first-order valence-corrected chi connectivity index (χ1v) is 8.65. The Labute approximate surface area is 163 Å². The van der Waals surface area contributed by atoms with Gasteiger partial charge in [-0.2, -0.15) is 0 Å². The van der Waals surface area contributed by atoms with Crippen LogP contribution in [-0.2, 0) is 9.59 Å². The number of carbonyl (C=O) groups excluding carboxylic acids is 2. The van der Waals surface area contributed by atoms with Crippen molar-refractivity contribution in [1.82, 2.24) is 5.32 Å². The molecule has 1 saturated heterocycles. The smallest absolute Gasteiger partial charge is 0.270 e. The molecule has 2 N–H and O–H groups in total. The molecule has 2 aromatic rings. The maximum absolute atomic E-state index is 12.9. The molecule has 8 heteroatoms. The highest BCUT2D eigenvalue weighted by atomic mass is 79.9. The van der Waals surface area contributed by atoms with E-state index in [1.807, 2.05) is 0 Å². The van der Waals surface area contributed by atoms with E-state index < -0.39 is 11.8 Å². The van der Waals surface area contributed by atoms with Crippen LogP contribution in [0.1, 0.15) is 5.56 Å². The number of ether oxygens (including phenoxy) is 1. The molecule has 2 aromatic carbocycles. The molecule has 1 aliphatic rings. The molecular weight excluding hydrogens is 420 g/mol. The van der Waals surface area contributed by atoms with E-state index in [-0.39, 0.29) is 16.4 Å². The molecule has 26 heavy (non-hydrogen) atoms. The Morgan fingerprint density at radius 3 is 2.50 bits per heavy atom. The Hall–Kier alpha value is -2.71. The third-order valence-corrected chi connectivity index (χ3v) is 4.63. The van der Waals surface area contributed by atoms with Gasteiger partial charge in [-0.3, -0.25) is 19.8 Å². The first-order chi connectivity index (χ1) is 12.4. The van der Waals surface area contributed by atoms with Crippen molar-refractivity contribution in [2.45, 2.75) is 0 Å². The number of amides is 2. The van der Waals surface area contributed by atoms with Gasteiger partial charge in [-0.15, -0.1) is 0 Å². The number of aromatic hydroxyl groups is 1. The zero-order valence-electron chi connectivity index (χ0n) is 13.5. The van der Waals surface area contributed by atoms with Gasteiger partial charge < -0.3 is 9.84 Å². The lowest BCUT2D eigenvalue weighted by Gasteiger charge is -2.29. The predicted octanol–water partition coefficient (Wildman–Crippen LogP) is 2.99. The number of phenolic OH excluding ortho intramolecular Hbond substituents is 1. The SMILES string of the molecule is COc1ccc(N2C(=O)C(=Cc3ccc(O)c(Br)c3)C(=O)NC2=S)cc1. The van der Waals surface area contributed by atoms with Crippen LogP contribution in [0.25, 0.3) is 6.08 Å². The van der Waals surface area contributed by atoms with Crippen molar-refractivity contribution in [3.05, 3.63) is 58.1 Å². The molecule has 1 fully saturated rings. The maximum Gasteiger partial charge on any atom is 0.270 e. The lowest BCUT2D eigenvalue weighted by molar-refractivity contribution is -0.122. The predicted molar refractivity (Wildman–Crippen MR) is 105 cm³/mol. The van der Waals surface area contributed by atoms with Crippen molar-refractivity contribution in [3.63, 3.8) is 0 Å². The zero-order valence-corrected chi connectivity index (χ0v) is 15.9. The number of halogens is 1. The van der Waals surface area contributed by atoms with Crippen molar-refractivity contribution in [1.29, 1.82) is 0 Å². The lowest BCUT2D eigenvalue weighted by Crippen LogP contribution is -2.54. The molecule has 6 nitrogen and oxygen atoms in total. The van der Waals surface area contributed by atoms with Crippen LogP contribution in [0.3, 0.4) is 0 Å². The number of methoxy groups -OCH3 is 1. The summed E-state index contributed by atoms with van der Waals surface area (Å²) in [5.74, 6) is -0.410. The summed E-state index contributed by atoms with van der Waals surface area (Å²) in [6.45, 7) is 0. The highest BCUT2D eigenvalue weighted by Crippen LogP contribution is 2.27. The second kappa shape index (κ2) is 7.27. The fraction of sp³-hybridized carbons (Fsp3) is 0.0556. The molecular formula is C18H13BrN2O4S. The van der Waals surface area contributed by atoms with Gasteiger partial charge in [0.25, 0.3) is 11.8 Å². The molecule has 132 valence electrons. The molecule has 1 aliphatic heterocycles. The highest BCUT2D eigenvalue weighted by molar-refractivity contribution is 9.10. The van der Waals surface area contributed by atoms with Crippen LogP contribution in [0.4, 0.5) is 5.69 Å². The minimum absolute atomic E-state index is 0.00852. The third-order valence-electron chi connectivity index (χ3n) is 3.72. The average Bonchev–Trinajstić information content (AvgIpc) is 2.62. The van der Waals surface area contributed by atoms with Gasteiger partial charge in [-0.1, -0.05) is 6.07 Å². The molecule has 1 heterocycles. The van der Waals surface area contributed by atoms with Gasteiger partial charge in [0.05, 0.1) is 17.3 Å². The van der Waals surface area contributed by atoms with E-state index in [2.05, 4.69) is 21.2 Å². The monoisotopic (exact) mass is 432 g/mol. The summed E-state index contributed by atoms with van der Waals surface area (Å²) in [6.07, 6.45) is 1.44. The molecule has 2 amide bonds. The average molecular weight is 433 g/mol. The van der Waals surface area contributed by atoms with Crippen molar-refractivity contribution >= 4 is 56.8 Å². The first-order valence-electron chi connectivity index (χ1n) is 7.44. The van der Waals surface area contributed by atoms with E-state index in [0.29, 0.717) is 21.5 Å². The third kappa shape index (κ3) is 3.47. The van der Waals surface area contributed by atoms with Crippen LogP contribution >= 0.6 is 28.1 Å². The van der Waals surface area contributed by atoms with Crippen LogP contribution < -0.4 is 15.0 Å². The van der Waals surface area contributed by atoms with E-state index in [1.165, 1.54) is 17.0 Å². The largest absolute Gasteiger partial charge is 0.507 e. The van der Waals surface area contributed by atoms with Crippen molar-refractivity contribution in [2.75, 3.05) is 12.0 Å². The molecule has 0 aliphatic carbocycles. The second-order valence-corrected chi connectivity index (χ2v) is 6.61. The number of hydrogen-bond acceptors (Lipinski definition) is 5. The van der Waals surface area contributed by atoms with Gasteiger partial charge in [0, 0.05) is 0 Å². The lowest BCUT2D eigenvalue weighted by atomic mass is 10.1. The number of carbonyl (C=O) groups is 2. The number of benzene rings is 2. The Kier molecular flexibility index (Phi) is 5.06. The summed E-state index contributed by atoms with van der Waals surface area (Å²) in [4.78, 5) is 26.4. The fourth-order valence-corrected chi connectivity index (χ4v) is 3.08. The highest BCUT2D eigenvalue weighted by Gasteiger charge is 2.34. The van der Waals surface area contributed by atoms with E-state index in [1.54, 1.807) is 43.5 Å². The molecule has 0 spiro atoms. The number of phenols is 1. The summed E-state index contributed by atoms with van der Waals surface area (Å²) in [6, 6.07) is 11.4. The van der Waals surface area contributed by atoms with Gasteiger partial charge in [-0.05, 0) is 76.2 Å². The van der Waals surface area contributed by atoms with Gasteiger partial charge in [0.1, 0.15) is 17.1 Å². The quantitative estimate of drug-likeness (QED) is 0.442. The number of thiocarbonyl (C=S) groups is 1. The van der Waals surface area contributed by atoms with Crippen LogP contribution in [0.2, 0.25) is 0 Å². The number of anilines is 1. The first kappa shape index (κ1) is 18.1. The number of rotatable bonds is 3. The van der Waals surface area contributed by atoms with Crippen LogP contribution in [-0.4, -0.2) is 29.1 Å². The number of hydrogen-bond donors (Lipinski definition) is 2. The van der Waals surface area contributed by atoms with Crippen LogP contribution in [0.5, 0.6) is 11.5 Å². The molecule has 0 radical (unpaired) electrons. The molecule has 0 atom stereocenters. The Morgan fingerprint density at radius 1 is 1.19 bits per heavy atom. The van der Waals surface area contributed by atoms with Gasteiger partial charge in [0.2, 0.25) is 0 Å². The van der Waals surface area contributed by atoms with E-state index in [9.17, 15) is 14.7 Å². The molecule has 0 unspecified atom stereocenters. The Balaban J connectivity index is 1.99. The summed E-state index contributed by atoms with van der Waals surface area (Å²) in [5, 5.41) is 12.1. The Morgan fingerprint density at radius 2 is 1.88 bits per heavy atom. The van der Waals surface area contributed by atoms with Gasteiger partial charge in [0.15, 0.2) is 5.11 Å². The standard InChI is InChI=1S/C18H13BrN2O4S/c1-25-12-5-3-11(4-6-12)21-17(24)13(16(23)20-18(21)26)8-10-2-7-15(22)14(19)9-10/h2-9,22H,1H3,(H,20,23,26). The molecule has 0 saturated carbocycles. The summed E-state index contributed by atoms with van der Waals surface area (Å²) in [5.41, 5.74) is 1.03. The molecule has 0 aromatic heterocycles. The summed E-state index contributed by atoms with van der Waals surface area (Å²) in [7, 11) is 1.54. The maximum atomic E-state index is 12.9. The molecule has 0 bridgehead atoms. The van der Waals surface area contributed by atoms with Crippen LogP contribution in [0, 0.1) is 0 Å². The van der Waals surface area contributed by atoms with Crippen molar-refractivity contribution < 1.29 is 19.4 Å². The normalized spacial score (nSPS) is 16.0. The zero-order chi connectivity index (χ0) is 18.8. The summed E-state index contributed by atoms with van der Waals surface area (Å²) < 4.78 is 5.56. The van der Waals surface area contributed by atoms with E-state index in [4.69, 9.17) is 17.0 Å². The van der Waals surface area contributed by atoms with Crippen molar-refractivity contribution in [3.8, 4) is 11.5 Å². The van der Waals surface area contributed by atoms with E-state index in [0.717, 1.165) is 0 Å². The Bertz CT molecular complexity index is 941. The molecule has 3 rings (SSSR count). The summed E-state index contributed by atoms with van der Waals surface area (Å²) >= 11 is 8.36. The van der Waals surface area contributed by atoms with E-state index >= 15 is 0 Å². The topological polar surface area (TPSA) is 78.9 Å². The minimum Gasteiger partial charge on any atom is -0.507 e. The second-order valence-electron chi connectivity index (χ2n) is 5.37. The fourth-order valence-electron chi connectivity index (χ4n) is 2.40. The van der Waals surface area contributed by atoms with Crippen molar-refractivity contribution in [2.24, 2.45) is 0 Å². The number of nitrogens with zero attached hydrogens (tertiary/aromatic N) is 1. The van der Waals surface area contributed by atoms with Gasteiger partial charge >= 0.3 is 0 Å². The number of nitrogens with one attached hydrogen (secondary N) is 1. The van der Waals surface area contributed by atoms with Crippen LogP contribution in [0.15, 0.2) is 52.5 Å². The minimum atomic E-state index is -0.575. The van der Waals surface area contributed by atoms with Gasteiger partial charge in [-0.25, -0.2) is 0 Å².